The molecule has 1 aromatic heterocycles. The van der Waals surface area contributed by atoms with Crippen molar-refractivity contribution in [1.29, 1.82) is 5.26 Å². The molecule has 1 aliphatic rings. The largest absolute Gasteiger partial charge is 0.418 e. The molecule has 0 amide bonds. The van der Waals surface area contributed by atoms with Gasteiger partial charge in [0, 0.05) is 44.6 Å². The molecule has 1 saturated heterocycles. The number of nitrogens with zero attached hydrogens (tertiary/aromatic N) is 4. The average molecular weight is 381 g/mol. The van der Waals surface area contributed by atoms with E-state index < -0.39 is 11.7 Å². The monoisotopic (exact) mass is 380 g/mol. The van der Waals surface area contributed by atoms with Crippen LogP contribution in [0.3, 0.4) is 0 Å². The van der Waals surface area contributed by atoms with Gasteiger partial charge in [0.05, 0.1) is 27.9 Å². The fourth-order valence-electron chi connectivity index (χ4n) is 2.98. The average Bonchev–Trinajstić information content (AvgIpc) is 2.63. The Labute approximate surface area is 154 Å². The minimum Gasteiger partial charge on any atom is -0.368 e. The summed E-state index contributed by atoms with van der Waals surface area (Å²) in [5.74, 6) is 0. The van der Waals surface area contributed by atoms with E-state index >= 15 is 0 Å². The van der Waals surface area contributed by atoms with Crippen LogP contribution in [-0.2, 0) is 12.7 Å². The number of aromatic nitrogens is 1. The highest BCUT2D eigenvalue weighted by molar-refractivity contribution is 6.30. The third-order valence-corrected chi connectivity index (χ3v) is 4.54. The summed E-state index contributed by atoms with van der Waals surface area (Å²) in [6.45, 7) is 2.83. The van der Waals surface area contributed by atoms with Gasteiger partial charge in [-0.15, -0.1) is 0 Å². The van der Waals surface area contributed by atoms with E-state index in [2.05, 4.69) is 9.88 Å². The van der Waals surface area contributed by atoms with Crippen molar-refractivity contribution in [3.63, 3.8) is 0 Å². The van der Waals surface area contributed by atoms with Crippen molar-refractivity contribution in [3.8, 4) is 6.07 Å². The minimum atomic E-state index is -4.49. The summed E-state index contributed by atoms with van der Waals surface area (Å²) in [7, 11) is 0. The minimum absolute atomic E-state index is 0.00789. The first-order chi connectivity index (χ1) is 12.4. The van der Waals surface area contributed by atoms with Crippen molar-refractivity contribution in [2.45, 2.75) is 12.7 Å². The van der Waals surface area contributed by atoms with E-state index in [0.717, 1.165) is 11.8 Å². The molecule has 1 fully saturated rings. The van der Waals surface area contributed by atoms with Gasteiger partial charge in [-0.25, -0.2) is 0 Å². The number of hydrogen-bond acceptors (Lipinski definition) is 4. The zero-order valence-electron chi connectivity index (χ0n) is 13.8. The number of halogens is 4. The van der Waals surface area contributed by atoms with Gasteiger partial charge in [-0.2, -0.15) is 18.4 Å². The van der Waals surface area contributed by atoms with Gasteiger partial charge in [-0.05, 0) is 30.3 Å². The number of nitriles is 1. The molecule has 0 radical (unpaired) electrons. The number of benzene rings is 1. The van der Waals surface area contributed by atoms with Crippen LogP contribution < -0.4 is 4.90 Å². The van der Waals surface area contributed by atoms with E-state index in [-0.39, 0.29) is 11.3 Å². The lowest BCUT2D eigenvalue weighted by molar-refractivity contribution is -0.137. The molecule has 0 atom stereocenters. The van der Waals surface area contributed by atoms with Gasteiger partial charge >= 0.3 is 6.18 Å². The van der Waals surface area contributed by atoms with Crippen molar-refractivity contribution < 1.29 is 13.2 Å². The SMILES string of the molecule is N#Cc1ccc(N2CCN(Cc3ccc(Cl)cn3)CC2)c(C(F)(F)F)c1. The fourth-order valence-corrected chi connectivity index (χ4v) is 3.10. The number of anilines is 1. The van der Waals surface area contributed by atoms with Gasteiger partial charge < -0.3 is 4.90 Å². The zero-order valence-corrected chi connectivity index (χ0v) is 14.6. The summed E-state index contributed by atoms with van der Waals surface area (Å²) in [5.41, 5.74) is 0.246. The van der Waals surface area contributed by atoms with E-state index in [4.69, 9.17) is 16.9 Å². The molecule has 8 heteroatoms. The Hall–Kier alpha value is -2.30. The second kappa shape index (κ2) is 7.52. The molecule has 136 valence electrons. The van der Waals surface area contributed by atoms with Crippen LogP contribution in [0.15, 0.2) is 36.5 Å². The number of rotatable bonds is 3. The fraction of sp³-hybridized carbons (Fsp3) is 0.333. The number of alkyl halides is 3. The van der Waals surface area contributed by atoms with Crippen molar-refractivity contribution in [2.24, 2.45) is 0 Å². The molecule has 1 aliphatic heterocycles. The molecule has 1 aromatic carbocycles. The van der Waals surface area contributed by atoms with E-state index in [9.17, 15) is 13.2 Å². The molecule has 0 spiro atoms. The summed E-state index contributed by atoms with van der Waals surface area (Å²) in [6.07, 6.45) is -2.91. The molecule has 0 N–H and O–H groups in total. The van der Waals surface area contributed by atoms with Gasteiger partial charge in [0.2, 0.25) is 0 Å². The number of pyridine rings is 1. The standard InChI is InChI=1S/C18H16ClF3N4/c19-14-2-3-15(24-11-14)12-25-5-7-26(8-6-25)17-4-1-13(10-23)9-16(17)18(20,21)22/h1-4,9,11H,5-8,12H2. The van der Waals surface area contributed by atoms with Crippen molar-refractivity contribution in [2.75, 3.05) is 31.1 Å². The molecular formula is C18H16ClF3N4. The van der Waals surface area contributed by atoms with Gasteiger partial charge in [0.1, 0.15) is 0 Å². The van der Waals surface area contributed by atoms with Crippen LogP contribution in [0.1, 0.15) is 16.8 Å². The summed E-state index contributed by atoms with van der Waals surface area (Å²) in [6, 6.07) is 9.11. The van der Waals surface area contributed by atoms with Crippen LogP contribution in [0.4, 0.5) is 18.9 Å². The highest BCUT2D eigenvalue weighted by atomic mass is 35.5. The molecular weight excluding hydrogens is 365 g/mol. The second-order valence-electron chi connectivity index (χ2n) is 6.07. The molecule has 0 bridgehead atoms. The summed E-state index contributed by atoms with van der Waals surface area (Å²) in [4.78, 5) is 8.11. The van der Waals surface area contributed by atoms with Crippen molar-refractivity contribution in [3.05, 3.63) is 58.4 Å². The van der Waals surface area contributed by atoms with Gasteiger partial charge in [-0.1, -0.05) is 11.6 Å². The predicted molar refractivity (Wildman–Crippen MR) is 92.9 cm³/mol. The molecule has 2 heterocycles. The summed E-state index contributed by atoms with van der Waals surface area (Å²) in [5, 5.41) is 9.44. The van der Waals surface area contributed by atoms with Crippen LogP contribution in [0.25, 0.3) is 0 Å². The molecule has 26 heavy (non-hydrogen) atoms. The van der Waals surface area contributed by atoms with Crippen LogP contribution in [0, 0.1) is 11.3 Å². The second-order valence-corrected chi connectivity index (χ2v) is 6.51. The lowest BCUT2D eigenvalue weighted by atomic mass is 10.1. The molecule has 4 nitrogen and oxygen atoms in total. The molecule has 2 aromatic rings. The Kier molecular flexibility index (Phi) is 5.35. The first-order valence-corrected chi connectivity index (χ1v) is 8.43. The van der Waals surface area contributed by atoms with Crippen LogP contribution in [0.5, 0.6) is 0 Å². The maximum atomic E-state index is 13.4. The molecule has 3 rings (SSSR count). The topological polar surface area (TPSA) is 43.2 Å². The third-order valence-electron chi connectivity index (χ3n) is 4.32. The molecule has 0 saturated carbocycles. The van der Waals surface area contributed by atoms with Crippen LogP contribution in [-0.4, -0.2) is 36.1 Å². The quantitative estimate of drug-likeness (QED) is 0.808. The molecule has 0 aliphatic carbocycles. The highest BCUT2D eigenvalue weighted by Gasteiger charge is 2.35. The first kappa shape index (κ1) is 18.5. The van der Waals surface area contributed by atoms with Gasteiger partial charge in [-0.3, -0.25) is 9.88 Å². The lowest BCUT2D eigenvalue weighted by Crippen LogP contribution is -2.46. The Bertz CT molecular complexity index is 807. The van der Waals surface area contributed by atoms with Gasteiger partial charge in [0.15, 0.2) is 0 Å². The maximum absolute atomic E-state index is 13.4. The van der Waals surface area contributed by atoms with Gasteiger partial charge in [0.25, 0.3) is 0 Å². The Morgan fingerprint density at radius 3 is 2.42 bits per heavy atom. The van der Waals surface area contributed by atoms with E-state index in [1.165, 1.54) is 12.1 Å². The maximum Gasteiger partial charge on any atom is 0.418 e. The van der Waals surface area contributed by atoms with Crippen molar-refractivity contribution in [1.82, 2.24) is 9.88 Å². The predicted octanol–water partition coefficient (Wildman–Crippen LogP) is 3.95. The highest BCUT2D eigenvalue weighted by Crippen LogP contribution is 2.37. The van der Waals surface area contributed by atoms with Crippen LogP contribution >= 0.6 is 11.6 Å². The van der Waals surface area contributed by atoms with E-state index in [1.807, 2.05) is 6.07 Å². The summed E-state index contributed by atoms with van der Waals surface area (Å²) < 4.78 is 40.1. The number of piperazine rings is 1. The smallest absolute Gasteiger partial charge is 0.368 e. The Morgan fingerprint density at radius 2 is 1.85 bits per heavy atom. The number of hydrogen-bond donors (Lipinski definition) is 0. The molecule has 0 unspecified atom stereocenters. The van der Waals surface area contributed by atoms with Crippen LogP contribution in [0.2, 0.25) is 5.02 Å². The third kappa shape index (κ3) is 4.26. The Balaban J connectivity index is 1.70. The van der Waals surface area contributed by atoms with E-state index in [1.54, 1.807) is 23.2 Å². The Morgan fingerprint density at radius 1 is 1.12 bits per heavy atom. The lowest BCUT2D eigenvalue weighted by Gasteiger charge is -2.37. The summed E-state index contributed by atoms with van der Waals surface area (Å²) >= 11 is 5.82. The zero-order chi connectivity index (χ0) is 18.7. The van der Waals surface area contributed by atoms with E-state index in [0.29, 0.717) is 37.7 Å². The normalized spacial score (nSPS) is 15.7. The first-order valence-electron chi connectivity index (χ1n) is 8.06. The van der Waals surface area contributed by atoms with Crippen molar-refractivity contribution >= 4 is 17.3 Å².